The number of carbonyl (C=O) groups excluding carboxylic acids is 3. The third kappa shape index (κ3) is 10.5. The number of para-hydroxylation sites is 1. The van der Waals surface area contributed by atoms with Crippen LogP contribution in [0.15, 0.2) is 91.0 Å². The first kappa shape index (κ1) is 33.8. The Labute approximate surface area is 279 Å². The van der Waals surface area contributed by atoms with Crippen molar-refractivity contribution < 1.29 is 24.2 Å². The van der Waals surface area contributed by atoms with Gasteiger partial charge in [-0.25, -0.2) is 4.79 Å². The minimum atomic E-state index is -0.444. The number of Topliss-reactive ketones (excluding diaryl/α,β-unsaturated/α-hetero) is 1. The van der Waals surface area contributed by atoms with Crippen molar-refractivity contribution in [2.24, 2.45) is 0 Å². The average molecular weight is 656 g/mol. The predicted molar refractivity (Wildman–Crippen MR) is 185 cm³/mol. The van der Waals surface area contributed by atoms with Crippen molar-refractivity contribution in [1.82, 2.24) is 20.9 Å². The standard InChI is InChI=1S/C36H41N5O5S/c42-28-12-10-26(11-13-28)24-37-18-19-39-35(44)34-15-14-33(47-34)32(43)25-38-20-23-41-21-16-29(17-22-41)46-36(45)40-31-9-5-4-8-30(31)27-6-2-1-3-7-27/h1-15,29,37-38,42H,16-25H2,(H,39,44)(H,40,45). The number of hydrogen-bond donors (Lipinski definition) is 5. The third-order valence-electron chi connectivity index (χ3n) is 7.90. The molecule has 11 heteroatoms. The van der Waals surface area contributed by atoms with Gasteiger partial charge in [-0.05, 0) is 54.3 Å². The second kappa shape index (κ2) is 17.4. The maximum atomic E-state index is 12.7. The van der Waals surface area contributed by atoms with Crippen LogP contribution < -0.4 is 21.3 Å². The Kier molecular flexibility index (Phi) is 12.5. The van der Waals surface area contributed by atoms with Crippen molar-refractivity contribution in [3.63, 3.8) is 0 Å². The lowest BCUT2D eigenvalue weighted by Gasteiger charge is -2.31. The normalized spacial score (nSPS) is 13.6. The number of nitrogens with one attached hydrogen (secondary N) is 4. The summed E-state index contributed by atoms with van der Waals surface area (Å²) in [6, 6.07) is 28.0. The smallest absolute Gasteiger partial charge is 0.411 e. The second-order valence-electron chi connectivity index (χ2n) is 11.3. The number of amides is 2. The topological polar surface area (TPSA) is 132 Å². The van der Waals surface area contributed by atoms with Crippen molar-refractivity contribution in [2.45, 2.75) is 25.5 Å². The molecule has 2 amide bonds. The number of nitrogens with zero attached hydrogens (tertiary/aromatic N) is 1. The van der Waals surface area contributed by atoms with Crippen LogP contribution in [0.3, 0.4) is 0 Å². The van der Waals surface area contributed by atoms with E-state index >= 15 is 0 Å². The van der Waals surface area contributed by atoms with Crippen LogP contribution in [0.25, 0.3) is 11.1 Å². The number of benzene rings is 3. The van der Waals surface area contributed by atoms with Gasteiger partial charge in [-0.3, -0.25) is 14.9 Å². The summed E-state index contributed by atoms with van der Waals surface area (Å²) in [7, 11) is 0. The molecule has 1 aliphatic rings. The van der Waals surface area contributed by atoms with Crippen LogP contribution in [-0.2, 0) is 11.3 Å². The van der Waals surface area contributed by atoms with Crippen LogP contribution in [0.5, 0.6) is 5.75 Å². The molecular weight excluding hydrogens is 614 g/mol. The summed E-state index contributed by atoms with van der Waals surface area (Å²) < 4.78 is 5.74. The lowest BCUT2D eigenvalue weighted by Crippen LogP contribution is -2.41. The Morgan fingerprint density at radius 2 is 1.53 bits per heavy atom. The zero-order valence-electron chi connectivity index (χ0n) is 26.2. The summed E-state index contributed by atoms with van der Waals surface area (Å²) >= 11 is 1.20. The largest absolute Gasteiger partial charge is 0.508 e. The number of rotatable bonds is 15. The van der Waals surface area contributed by atoms with Crippen LogP contribution in [0.1, 0.15) is 37.7 Å². The molecule has 0 atom stereocenters. The molecule has 246 valence electrons. The Morgan fingerprint density at radius 3 is 2.32 bits per heavy atom. The Morgan fingerprint density at radius 1 is 0.809 bits per heavy atom. The number of phenols is 1. The summed E-state index contributed by atoms with van der Waals surface area (Å²) in [4.78, 5) is 41.2. The molecule has 0 radical (unpaired) electrons. The van der Waals surface area contributed by atoms with Crippen molar-refractivity contribution >= 4 is 34.8 Å². The number of ketones is 1. The summed E-state index contributed by atoms with van der Waals surface area (Å²) in [5.74, 6) is -0.0120. The summed E-state index contributed by atoms with van der Waals surface area (Å²) in [5, 5.41) is 21.6. The molecule has 2 heterocycles. The Balaban J connectivity index is 0.935. The van der Waals surface area contributed by atoms with Crippen LogP contribution in [0.2, 0.25) is 0 Å². The van der Waals surface area contributed by atoms with Gasteiger partial charge in [0.25, 0.3) is 5.91 Å². The van der Waals surface area contributed by atoms with Gasteiger partial charge in [0.15, 0.2) is 5.78 Å². The van der Waals surface area contributed by atoms with Gasteiger partial charge in [-0.15, -0.1) is 11.3 Å². The Bertz CT molecular complexity index is 1600. The molecule has 0 spiro atoms. The van der Waals surface area contributed by atoms with E-state index in [1.165, 1.54) is 11.3 Å². The van der Waals surface area contributed by atoms with E-state index in [4.69, 9.17) is 4.74 Å². The molecule has 3 aromatic carbocycles. The predicted octanol–water partition coefficient (Wildman–Crippen LogP) is 5.13. The highest BCUT2D eigenvalue weighted by atomic mass is 32.1. The quantitative estimate of drug-likeness (QED) is 0.0881. The van der Waals surface area contributed by atoms with Crippen LogP contribution in [0.4, 0.5) is 10.5 Å². The monoisotopic (exact) mass is 655 g/mol. The lowest BCUT2D eigenvalue weighted by atomic mass is 10.0. The first-order chi connectivity index (χ1) is 22.9. The molecule has 5 N–H and O–H groups in total. The molecule has 10 nitrogen and oxygen atoms in total. The first-order valence-electron chi connectivity index (χ1n) is 15.9. The fourth-order valence-electron chi connectivity index (χ4n) is 5.34. The number of anilines is 1. The van der Waals surface area contributed by atoms with Crippen LogP contribution in [-0.4, -0.2) is 79.7 Å². The maximum Gasteiger partial charge on any atom is 0.411 e. The van der Waals surface area contributed by atoms with Crippen molar-refractivity contribution in [2.75, 3.05) is 51.1 Å². The zero-order valence-corrected chi connectivity index (χ0v) is 27.1. The van der Waals surface area contributed by atoms with Gasteiger partial charge in [-0.1, -0.05) is 60.7 Å². The van der Waals surface area contributed by atoms with Gasteiger partial charge < -0.3 is 30.7 Å². The van der Waals surface area contributed by atoms with Gasteiger partial charge >= 0.3 is 6.09 Å². The molecule has 0 saturated carbocycles. The zero-order chi connectivity index (χ0) is 32.8. The first-order valence-corrected chi connectivity index (χ1v) is 16.7. The van der Waals surface area contributed by atoms with Gasteiger partial charge in [0.1, 0.15) is 11.9 Å². The molecule has 1 fully saturated rings. The number of hydrogen-bond acceptors (Lipinski definition) is 9. The van der Waals surface area contributed by atoms with E-state index in [9.17, 15) is 19.5 Å². The Hall–Kier alpha value is -4.55. The number of aromatic hydroxyl groups is 1. The molecule has 1 aliphatic heterocycles. The second-order valence-corrected chi connectivity index (χ2v) is 12.4. The molecule has 4 aromatic rings. The van der Waals surface area contributed by atoms with E-state index in [1.54, 1.807) is 24.3 Å². The summed E-state index contributed by atoms with van der Waals surface area (Å²) in [6.45, 7) is 4.95. The number of carbonyl (C=O) groups is 3. The van der Waals surface area contributed by atoms with E-state index in [0.717, 1.165) is 54.9 Å². The fraction of sp³-hybridized carbons (Fsp3) is 0.306. The minimum Gasteiger partial charge on any atom is -0.508 e. The molecule has 0 bridgehead atoms. The molecule has 1 saturated heterocycles. The van der Waals surface area contributed by atoms with Gasteiger partial charge in [0.05, 0.1) is 22.0 Å². The minimum absolute atomic E-state index is 0.0448. The molecule has 0 unspecified atom stereocenters. The maximum absolute atomic E-state index is 12.7. The highest BCUT2D eigenvalue weighted by Gasteiger charge is 2.23. The number of piperidine rings is 1. The molecule has 1 aromatic heterocycles. The van der Waals surface area contributed by atoms with Crippen LogP contribution >= 0.6 is 11.3 Å². The fourth-order valence-corrected chi connectivity index (χ4v) is 6.20. The van der Waals surface area contributed by atoms with E-state index in [-0.39, 0.29) is 30.1 Å². The number of phenolic OH excluding ortho intramolecular Hbond substituents is 1. The van der Waals surface area contributed by atoms with E-state index < -0.39 is 6.09 Å². The van der Waals surface area contributed by atoms with E-state index in [0.29, 0.717) is 35.9 Å². The lowest BCUT2D eigenvalue weighted by molar-refractivity contribution is 0.0593. The van der Waals surface area contributed by atoms with E-state index in [2.05, 4.69) is 26.2 Å². The van der Waals surface area contributed by atoms with Crippen molar-refractivity contribution in [3.05, 3.63) is 106 Å². The van der Waals surface area contributed by atoms with Crippen LogP contribution in [0, 0.1) is 0 Å². The number of likely N-dealkylation sites (tertiary alicyclic amines) is 1. The van der Waals surface area contributed by atoms with Gasteiger partial charge in [0, 0.05) is 51.4 Å². The molecule has 0 aliphatic carbocycles. The number of ether oxygens (including phenoxy) is 1. The SMILES string of the molecule is O=C(Nc1ccccc1-c1ccccc1)OC1CCN(CCNCC(=O)c2ccc(C(=O)NCCNCc3ccc(O)cc3)s2)CC1. The average Bonchev–Trinajstić information content (AvgIpc) is 3.60. The van der Waals surface area contributed by atoms with Crippen molar-refractivity contribution in [1.29, 1.82) is 0 Å². The third-order valence-corrected chi connectivity index (χ3v) is 9.03. The summed E-state index contributed by atoms with van der Waals surface area (Å²) in [6.07, 6.45) is 0.916. The highest BCUT2D eigenvalue weighted by molar-refractivity contribution is 7.16. The van der Waals surface area contributed by atoms with Gasteiger partial charge in [0.2, 0.25) is 0 Å². The summed E-state index contributed by atoms with van der Waals surface area (Å²) in [5.41, 5.74) is 3.73. The number of thiophene rings is 1. The molecule has 47 heavy (non-hydrogen) atoms. The highest BCUT2D eigenvalue weighted by Crippen LogP contribution is 2.28. The van der Waals surface area contributed by atoms with Crippen molar-refractivity contribution in [3.8, 4) is 16.9 Å². The molecular formula is C36H41N5O5S. The van der Waals surface area contributed by atoms with E-state index in [1.807, 2.05) is 66.7 Å². The van der Waals surface area contributed by atoms with Gasteiger partial charge in [-0.2, -0.15) is 0 Å². The molecule has 5 rings (SSSR count).